The Labute approximate surface area is 246 Å². The van der Waals surface area contributed by atoms with Gasteiger partial charge in [-0.25, -0.2) is 0 Å². The molecule has 0 aliphatic heterocycles. The predicted molar refractivity (Wildman–Crippen MR) is 182 cm³/mol. The molecule has 200 valence electrons. The van der Waals surface area contributed by atoms with E-state index in [0.29, 0.717) is 0 Å². The van der Waals surface area contributed by atoms with Crippen molar-refractivity contribution >= 4 is 76.5 Å². The Balaban J connectivity index is 1.66. The Hall–Kier alpha value is -5.80. The fourth-order valence-electron chi connectivity index (χ4n) is 7.35. The van der Waals surface area contributed by atoms with E-state index >= 15 is 0 Å². The lowest BCUT2D eigenvalue weighted by molar-refractivity contribution is 1.19. The molecule has 6 aromatic carbocycles. The SMILES string of the molecule is c1ccc(-n2c3c4ccccc4n4c5cccc(c5)c5cccc(c5)c5cccc(c5)n5c6ccccc6c2c5c34)cc1. The number of rotatable bonds is 1. The van der Waals surface area contributed by atoms with Gasteiger partial charge in [0.05, 0.1) is 33.1 Å². The van der Waals surface area contributed by atoms with Crippen LogP contribution >= 0.6 is 0 Å². The molecule has 0 aliphatic rings. The fourth-order valence-corrected chi connectivity index (χ4v) is 7.35. The molecule has 0 radical (unpaired) electrons. The number of benzene rings is 6. The van der Waals surface area contributed by atoms with Crippen molar-refractivity contribution in [3.05, 3.63) is 152 Å². The van der Waals surface area contributed by atoms with Gasteiger partial charge in [0, 0.05) is 27.5 Å². The molecule has 10 aromatic rings. The average Bonchev–Trinajstić information content (AvgIpc) is 3.70. The summed E-state index contributed by atoms with van der Waals surface area (Å²) in [5.41, 5.74) is 10.7. The van der Waals surface area contributed by atoms with Crippen molar-refractivity contribution in [2.45, 2.75) is 0 Å². The van der Waals surface area contributed by atoms with E-state index in [1.165, 1.54) is 65.4 Å². The van der Waals surface area contributed by atoms with E-state index in [4.69, 9.17) is 0 Å². The van der Waals surface area contributed by atoms with Crippen LogP contribution in [0, 0.1) is 0 Å². The highest BCUT2D eigenvalue weighted by Gasteiger charge is 2.25. The van der Waals surface area contributed by atoms with Gasteiger partial charge in [-0.3, -0.25) is 0 Å². The van der Waals surface area contributed by atoms with Gasteiger partial charge in [0.15, 0.2) is 0 Å². The number of fused-ring (bicyclic) bond motifs is 16. The van der Waals surface area contributed by atoms with Crippen molar-refractivity contribution in [1.29, 1.82) is 0 Å². The Morgan fingerprint density at radius 1 is 0.326 bits per heavy atom. The first-order chi connectivity index (χ1) is 21.3. The molecule has 6 bridgehead atoms. The lowest BCUT2D eigenvalue weighted by Crippen LogP contribution is -1.92. The van der Waals surface area contributed by atoms with Crippen LogP contribution in [0.2, 0.25) is 0 Å². The monoisotopic (exact) mass is 547 g/mol. The van der Waals surface area contributed by atoms with Crippen LogP contribution in [0.5, 0.6) is 0 Å². The lowest BCUT2D eigenvalue weighted by Gasteiger charge is -2.07. The molecule has 4 aromatic heterocycles. The quantitative estimate of drug-likeness (QED) is 0.194. The molecule has 43 heavy (non-hydrogen) atoms. The van der Waals surface area contributed by atoms with E-state index in [2.05, 4.69) is 165 Å². The van der Waals surface area contributed by atoms with Crippen molar-refractivity contribution in [1.82, 2.24) is 13.4 Å². The summed E-state index contributed by atoms with van der Waals surface area (Å²) >= 11 is 0. The van der Waals surface area contributed by atoms with Crippen LogP contribution in [0.25, 0.3) is 82.1 Å². The number of hydrogen-bond acceptors (Lipinski definition) is 0. The molecule has 0 saturated carbocycles. The molecule has 3 nitrogen and oxygen atoms in total. The maximum atomic E-state index is 2.49. The third kappa shape index (κ3) is 3.03. The minimum Gasteiger partial charge on any atom is -0.306 e. The number of nitrogens with zero attached hydrogens (tertiary/aromatic N) is 3. The van der Waals surface area contributed by atoms with E-state index in [1.807, 2.05) is 0 Å². The maximum absolute atomic E-state index is 2.49. The first-order valence-electron chi connectivity index (χ1n) is 14.8. The summed E-state index contributed by atoms with van der Waals surface area (Å²) in [5, 5.41) is 7.32. The summed E-state index contributed by atoms with van der Waals surface area (Å²) in [6.45, 7) is 0. The van der Waals surface area contributed by atoms with Crippen LogP contribution in [0.4, 0.5) is 0 Å². The number of para-hydroxylation sites is 3. The molecule has 0 unspecified atom stereocenters. The van der Waals surface area contributed by atoms with Gasteiger partial charge in [-0.1, -0.05) is 97.1 Å². The molecule has 3 heteroatoms. The first-order valence-corrected chi connectivity index (χ1v) is 14.8. The van der Waals surface area contributed by atoms with Crippen molar-refractivity contribution in [3.63, 3.8) is 0 Å². The van der Waals surface area contributed by atoms with Gasteiger partial charge in [-0.05, 0) is 76.1 Å². The maximum Gasteiger partial charge on any atom is 0.0975 e. The van der Waals surface area contributed by atoms with Crippen molar-refractivity contribution in [3.8, 4) is 5.69 Å². The van der Waals surface area contributed by atoms with Crippen LogP contribution in [0.3, 0.4) is 0 Å². The highest BCUT2D eigenvalue weighted by atomic mass is 15.1. The van der Waals surface area contributed by atoms with E-state index in [-0.39, 0.29) is 0 Å². The smallest absolute Gasteiger partial charge is 0.0975 e. The average molecular weight is 548 g/mol. The van der Waals surface area contributed by atoms with Crippen LogP contribution in [0.1, 0.15) is 0 Å². The predicted octanol–water partition coefficient (Wildman–Crippen LogP) is 10.5. The summed E-state index contributed by atoms with van der Waals surface area (Å²) in [6, 6.07) is 55.5. The van der Waals surface area contributed by atoms with Crippen LogP contribution in [-0.4, -0.2) is 13.4 Å². The number of hydrogen-bond donors (Lipinski definition) is 0. The minimum atomic E-state index is 1.16. The third-order valence-corrected chi connectivity index (χ3v) is 9.12. The Morgan fingerprint density at radius 2 is 0.767 bits per heavy atom. The van der Waals surface area contributed by atoms with Gasteiger partial charge in [0.25, 0.3) is 0 Å². The molecular weight excluding hydrogens is 522 g/mol. The zero-order valence-electron chi connectivity index (χ0n) is 23.3. The summed E-state index contributed by atoms with van der Waals surface area (Å²) in [4.78, 5) is 0. The van der Waals surface area contributed by atoms with Gasteiger partial charge in [-0.15, -0.1) is 0 Å². The largest absolute Gasteiger partial charge is 0.306 e. The van der Waals surface area contributed by atoms with E-state index < -0.39 is 0 Å². The summed E-state index contributed by atoms with van der Waals surface area (Å²) in [6.07, 6.45) is 0. The minimum absolute atomic E-state index is 1.16. The van der Waals surface area contributed by atoms with Gasteiger partial charge in [-0.2, -0.15) is 0 Å². The second-order valence-electron chi connectivity index (χ2n) is 11.5. The standard InChI is InChI=1S/C40H25N3/c1-2-15-30(16-3-1)43-37-33-19-4-6-21-35(33)41-31-17-9-13-28(24-31)26-11-8-12-27(23-26)29-14-10-18-32(25-29)42-36-22-7-5-20-34(36)38(43)40(42)39(37)41/h1-25H. The summed E-state index contributed by atoms with van der Waals surface area (Å²) in [5.74, 6) is 0. The topological polar surface area (TPSA) is 13.8 Å². The van der Waals surface area contributed by atoms with Crippen LogP contribution in [-0.2, 0) is 0 Å². The Morgan fingerprint density at radius 3 is 1.30 bits per heavy atom. The summed E-state index contributed by atoms with van der Waals surface area (Å²) < 4.78 is 7.46. The Bertz CT molecular complexity index is 2610. The van der Waals surface area contributed by atoms with Gasteiger partial charge < -0.3 is 13.4 Å². The molecular formula is C40H25N3. The van der Waals surface area contributed by atoms with Gasteiger partial charge >= 0.3 is 0 Å². The zero-order valence-corrected chi connectivity index (χ0v) is 23.3. The molecule has 0 N–H and O–H groups in total. The molecule has 0 saturated heterocycles. The highest BCUT2D eigenvalue weighted by Crippen LogP contribution is 2.43. The highest BCUT2D eigenvalue weighted by molar-refractivity contribution is 6.25. The van der Waals surface area contributed by atoms with E-state index in [0.717, 1.165) is 16.7 Å². The second kappa shape index (κ2) is 8.37. The summed E-state index contributed by atoms with van der Waals surface area (Å²) in [7, 11) is 0. The molecule has 0 fully saturated rings. The zero-order chi connectivity index (χ0) is 28.1. The van der Waals surface area contributed by atoms with Crippen molar-refractivity contribution in [2.24, 2.45) is 0 Å². The molecule has 0 amide bonds. The van der Waals surface area contributed by atoms with E-state index in [1.54, 1.807) is 0 Å². The number of aromatic nitrogens is 3. The third-order valence-electron chi connectivity index (χ3n) is 9.12. The first kappa shape index (κ1) is 22.8. The van der Waals surface area contributed by atoms with Gasteiger partial charge in [0.2, 0.25) is 0 Å². The molecule has 0 atom stereocenters. The molecule has 10 rings (SSSR count). The van der Waals surface area contributed by atoms with Gasteiger partial charge in [0.1, 0.15) is 0 Å². The Kier molecular flexibility index (Phi) is 4.45. The second-order valence-corrected chi connectivity index (χ2v) is 11.5. The lowest BCUT2D eigenvalue weighted by atomic mass is 10.1. The molecule has 0 aliphatic carbocycles. The molecule has 4 heterocycles. The molecule has 0 spiro atoms. The van der Waals surface area contributed by atoms with Crippen LogP contribution in [0.15, 0.2) is 152 Å². The van der Waals surface area contributed by atoms with Crippen LogP contribution < -0.4 is 0 Å². The van der Waals surface area contributed by atoms with Crippen molar-refractivity contribution < 1.29 is 0 Å². The van der Waals surface area contributed by atoms with Crippen molar-refractivity contribution in [2.75, 3.05) is 0 Å². The fraction of sp³-hybridized carbons (Fsp3) is 0. The van der Waals surface area contributed by atoms with E-state index in [9.17, 15) is 0 Å². The normalized spacial score (nSPS) is 12.2.